The lowest BCUT2D eigenvalue weighted by Gasteiger charge is -2.36. The first-order valence-corrected chi connectivity index (χ1v) is 6.17. The molecule has 0 aromatic heterocycles. The number of carbonyl (C=O) groups is 1. The smallest absolute Gasteiger partial charge is 0.315 e. The SMILES string of the molecule is C=C(Br)C[C@@]1(C(=O)OCC)CCC=C[C@H]1O. The molecule has 16 heavy (non-hydrogen) atoms. The summed E-state index contributed by atoms with van der Waals surface area (Å²) in [6.45, 7) is 5.83. The third-order valence-corrected chi connectivity index (χ3v) is 3.11. The molecule has 0 unspecified atom stereocenters. The largest absolute Gasteiger partial charge is 0.465 e. The summed E-state index contributed by atoms with van der Waals surface area (Å²) in [5, 5.41) is 10.0. The Bertz CT molecular complexity index is 311. The fourth-order valence-electron chi connectivity index (χ4n) is 2.00. The highest BCUT2D eigenvalue weighted by molar-refractivity contribution is 9.11. The summed E-state index contributed by atoms with van der Waals surface area (Å²) in [6.07, 6.45) is 4.52. The van der Waals surface area contributed by atoms with Crippen LogP contribution in [0.4, 0.5) is 0 Å². The van der Waals surface area contributed by atoms with Gasteiger partial charge < -0.3 is 9.84 Å². The van der Waals surface area contributed by atoms with Crippen molar-refractivity contribution in [3.8, 4) is 0 Å². The lowest BCUT2D eigenvalue weighted by Crippen LogP contribution is -2.44. The van der Waals surface area contributed by atoms with Gasteiger partial charge in [0.1, 0.15) is 5.41 Å². The molecule has 4 heteroatoms. The molecule has 0 saturated carbocycles. The molecule has 0 fully saturated rings. The molecule has 2 atom stereocenters. The molecule has 1 aliphatic rings. The standard InChI is InChI=1S/C12H17BrO3/c1-3-16-11(15)12(8-9(2)13)7-5-4-6-10(12)14/h4,6,10,14H,2-3,5,7-8H2,1H3/t10-,12+/m1/s1. The fraction of sp³-hybridized carbons (Fsp3) is 0.583. The Hall–Kier alpha value is -0.610. The summed E-state index contributed by atoms with van der Waals surface area (Å²) in [7, 11) is 0. The normalized spacial score (nSPS) is 28.8. The van der Waals surface area contributed by atoms with Crippen molar-refractivity contribution in [1.29, 1.82) is 0 Å². The van der Waals surface area contributed by atoms with Gasteiger partial charge in [-0.15, -0.1) is 0 Å². The topological polar surface area (TPSA) is 46.5 Å². The van der Waals surface area contributed by atoms with Crippen molar-refractivity contribution in [2.45, 2.75) is 32.3 Å². The van der Waals surface area contributed by atoms with Crippen LogP contribution in [0.25, 0.3) is 0 Å². The van der Waals surface area contributed by atoms with E-state index in [4.69, 9.17) is 4.74 Å². The second-order valence-electron chi connectivity index (χ2n) is 3.98. The van der Waals surface area contributed by atoms with Crippen LogP contribution in [-0.2, 0) is 9.53 Å². The molecule has 0 bridgehead atoms. The summed E-state index contributed by atoms with van der Waals surface area (Å²) in [5.41, 5.74) is -0.870. The highest BCUT2D eigenvalue weighted by Gasteiger charge is 2.46. The fourth-order valence-corrected chi connectivity index (χ4v) is 2.50. The molecule has 0 amide bonds. The number of hydrogen-bond donors (Lipinski definition) is 1. The molecule has 0 aliphatic heterocycles. The number of ether oxygens (including phenoxy) is 1. The number of halogens is 1. The first kappa shape index (κ1) is 13.5. The molecular weight excluding hydrogens is 272 g/mol. The van der Waals surface area contributed by atoms with Crippen LogP contribution >= 0.6 is 15.9 Å². The zero-order valence-corrected chi connectivity index (χ0v) is 11.0. The molecule has 90 valence electrons. The Morgan fingerprint density at radius 3 is 2.94 bits per heavy atom. The van der Waals surface area contributed by atoms with E-state index in [1.54, 1.807) is 13.0 Å². The Kier molecular flexibility index (Phi) is 4.74. The van der Waals surface area contributed by atoms with E-state index in [0.717, 1.165) is 6.42 Å². The highest BCUT2D eigenvalue weighted by atomic mass is 79.9. The minimum Gasteiger partial charge on any atom is -0.465 e. The van der Waals surface area contributed by atoms with Crippen molar-refractivity contribution in [3.63, 3.8) is 0 Å². The maximum Gasteiger partial charge on any atom is 0.315 e. The van der Waals surface area contributed by atoms with E-state index in [-0.39, 0.29) is 5.97 Å². The summed E-state index contributed by atoms with van der Waals surface area (Å²) in [5.74, 6) is -0.340. The van der Waals surface area contributed by atoms with Gasteiger partial charge in [0.05, 0.1) is 12.7 Å². The van der Waals surface area contributed by atoms with E-state index < -0.39 is 11.5 Å². The maximum atomic E-state index is 12.0. The minimum atomic E-state index is -0.870. The van der Waals surface area contributed by atoms with Crippen LogP contribution < -0.4 is 0 Å². The minimum absolute atomic E-state index is 0.325. The van der Waals surface area contributed by atoms with Gasteiger partial charge >= 0.3 is 5.97 Å². The van der Waals surface area contributed by atoms with E-state index >= 15 is 0 Å². The van der Waals surface area contributed by atoms with Gasteiger partial charge in [-0.1, -0.05) is 34.7 Å². The first-order valence-electron chi connectivity index (χ1n) is 5.38. The monoisotopic (exact) mass is 288 g/mol. The van der Waals surface area contributed by atoms with E-state index in [9.17, 15) is 9.90 Å². The predicted octanol–water partition coefficient (Wildman–Crippen LogP) is 2.55. The van der Waals surface area contributed by atoms with Crippen LogP contribution in [0.2, 0.25) is 0 Å². The predicted molar refractivity (Wildman–Crippen MR) is 66.1 cm³/mol. The van der Waals surface area contributed by atoms with E-state index in [2.05, 4.69) is 22.5 Å². The average molecular weight is 289 g/mol. The molecule has 0 spiro atoms. The van der Waals surface area contributed by atoms with E-state index in [1.165, 1.54) is 0 Å². The van der Waals surface area contributed by atoms with Crippen LogP contribution in [0.3, 0.4) is 0 Å². The highest BCUT2D eigenvalue weighted by Crippen LogP contribution is 2.41. The maximum absolute atomic E-state index is 12.0. The Morgan fingerprint density at radius 1 is 1.75 bits per heavy atom. The van der Waals surface area contributed by atoms with Gasteiger partial charge in [-0.2, -0.15) is 0 Å². The second kappa shape index (κ2) is 5.64. The third-order valence-electron chi connectivity index (χ3n) is 2.83. The van der Waals surface area contributed by atoms with Crippen molar-refractivity contribution in [1.82, 2.24) is 0 Å². The lowest BCUT2D eigenvalue weighted by molar-refractivity contribution is -0.162. The number of aliphatic hydroxyl groups excluding tert-OH is 1. The van der Waals surface area contributed by atoms with Gasteiger partial charge in [-0.05, 0) is 30.7 Å². The quantitative estimate of drug-likeness (QED) is 0.639. The van der Waals surface area contributed by atoms with Crippen molar-refractivity contribution < 1.29 is 14.6 Å². The molecule has 0 radical (unpaired) electrons. The number of allylic oxidation sites excluding steroid dienone is 2. The van der Waals surface area contributed by atoms with Crippen molar-refractivity contribution >= 4 is 21.9 Å². The second-order valence-corrected chi connectivity index (χ2v) is 5.10. The Balaban J connectivity index is 2.96. The molecule has 0 aromatic carbocycles. The number of carbonyl (C=O) groups excluding carboxylic acids is 1. The Labute approximate surface area is 104 Å². The molecule has 0 aromatic rings. The Morgan fingerprint density at radius 2 is 2.44 bits per heavy atom. The van der Waals surface area contributed by atoms with Gasteiger partial charge in [0, 0.05) is 0 Å². The summed E-state index contributed by atoms with van der Waals surface area (Å²) in [6, 6.07) is 0. The summed E-state index contributed by atoms with van der Waals surface area (Å²) in [4.78, 5) is 12.0. The number of hydrogen-bond acceptors (Lipinski definition) is 3. The number of esters is 1. The van der Waals surface area contributed by atoms with Crippen LogP contribution in [0.1, 0.15) is 26.2 Å². The molecule has 1 aliphatic carbocycles. The summed E-state index contributed by atoms with van der Waals surface area (Å²) >= 11 is 3.25. The van der Waals surface area contributed by atoms with Gasteiger partial charge in [0.25, 0.3) is 0 Å². The van der Waals surface area contributed by atoms with Gasteiger partial charge in [-0.25, -0.2) is 0 Å². The zero-order valence-electron chi connectivity index (χ0n) is 9.41. The van der Waals surface area contributed by atoms with Crippen LogP contribution in [0, 0.1) is 5.41 Å². The molecule has 1 N–H and O–H groups in total. The van der Waals surface area contributed by atoms with Gasteiger partial charge in [0.15, 0.2) is 0 Å². The van der Waals surface area contributed by atoms with Crippen LogP contribution in [-0.4, -0.2) is 23.8 Å². The third kappa shape index (κ3) is 2.74. The molecule has 1 rings (SSSR count). The van der Waals surface area contributed by atoms with Crippen LogP contribution in [0.15, 0.2) is 23.2 Å². The molecular formula is C12H17BrO3. The van der Waals surface area contributed by atoms with Gasteiger partial charge in [-0.3, -0.25) is 4.79 Å². The van der Waals surface area contributed by atoms with Gasteiger partial charge in [0.2, 0.25) is 0 Å². The van der Waals surface area contributed by atoms with Crippen molar-refractivity contribution in [2.24, 2.45) is 5.41 Å². The molecule has 0 heterocycles. The van der Waals surface area contributed by atoms with E-state index in [1.807, 2.05) is 6.08 Å². The molecule has 3 nitrogen and oxygen atoms in total. The lowest BCUT2D eigenvalue weighted by atomic mass is 9.72. The van der Waals surface area contributed by atoms with E-state index in [0.29, 0.717) is 23.9 Å². The zero-order chi connectivity index (χ0) is 12.2. The van der Waals surface area contributed by atoms with Crippen molar-refractivity contribution in [3.05, 3.63) is 23.2 Å². The average Bonchev–Trinajstić information content (AvgIpc) is 2.21. The number of aliphatic hydroxyl groups is 1. The van der Waals surface area contributed by atoms with Crippen LogP contribution in [0.5, 0.6) is 0 Å². The first-order chi connectivity index (χ1) is 7.53. The molecule has 0 saturated heterocycles. The van der Waals surface area contributed by atoms with Crippen molar-refractivity contribution in [2.75, 3.05) is 6.61 Å². The summed E-state index contributed by atoms with van der Waals surface area (Å²) < 4.78 is 5.76. The number of rotatable bonds is 4.